The van der Waals surface area contributed by atoms with E-state index in [0.717, 1.165) is 16.7 Å². The van der Waals surface area contributed by atoms with Gasteiger partial charge in [-0.05, 0) is 43.2 Å². The van der Waals surface area contributed by atoms with E-state index in [2.05, 4.69) is 5.32 Å². The van der Waals surface area contributed by atoms with Crippen LogP contribution in [0.2, 0.25) is 5.02 Å². The number of carbonyl (C=O) groups excluding carboxylic acids is 2. The van der Waals surface area contributed by atoms with Gasteiger partial charge in [0.05, 0.1) is 19.3 Å². The maximum Gasteiger partial charge on any atom is 0.273 e. The van der Waals surface area contributed by atoms with E-state index >= 15 is 0 Å². The number of fused-ring (bicyclic) bond motifs is 1. The molecule has 194 valence electrons. The molecule has 0 bridgehead atoms. The van der Waals surface area contributed by atoms with Crippen molar-refractivity contribution in [2.75, 3.05) is 13.7 Å². The van der Waals surface area contributed by atoms with Gasteiger partial charge < -0.3 is 15.0 Å². The predicted octanol–water partition coefficient (Wildman–Crippen LogP) is 4.99. The van der Waals surface area contributed by atoms with Crippen LogP contribution in [0.3, 0.4) is 0 Å². The Bertz CT molecular complexity index is 1450. The first kappa shape index (κ1) is 25.5. The lowest BCUT2D eigenvalue weighted by molar-refractivity contribution is -0.133. The summed E-state index contributed by atoms with van der Waals surface area (Å²) in [6.45, 7) is 2.68. The van der Waals surface area contributed by atoms with E-state index in [4.69, 9.17) is 21.4 Å². The van der Waals surface area contributed by atoms with Crippen molar-refractivity contribution in [1.82, 2.24) is 20.0 Å². The number of halogens is 1. The van der Waals surface area contributed by atoms with Crippen molar-refractivity contribution in [3.8, 4) is 17.0 Å². The molecule has 8 heteroatoms. The largest absolute Gasteiger partial charge is 0.496 e. The van der Waals surface area contributed by atoms with Gasteiger partial charge >= 0.3 is 0 Å². The Labute approximate surface area is 227 Å². The number of hydrogen-bond donors (Lipinski definition) is 1. The SMILES string of the molecule is COc1ccccc1CNC(=O)[C@@]1(C)Cn2nc(-c3ccccc3)cc2C(=O)N1CCc1ccc(Cl)cc1. The second-order valence-electron chi connectivity index (χ2n) is 9.54. The number of nitrogens with zero attached hydrogens (tertiary/aromatic N) is 3. The third-order valence-corrected chi connectivity index (χ3v) is 7.28. The van der Waals surface area contributed by atoms with Crippen molar-refractivity contribution >= 4 is 23.4 Å². The number of methoxy groups -OCH3 is 1. The molecule has 3 aromatic carbocycles. The molecule has 1 N–H and O–H groups in total. The number of amides is 2. The summed E-state index contributed by atoms with van der Waals surface area (Å²) in [4.78, 5) is 29.3. The Morgan fingerprint density at radius 1 is 1.05 bits per heavy atom. The first-order valence-electron chi connectivity index (χ1n) is 12.5. The summed E-state index contributed by atoms with van der Waals surface area (Å²) in [5.74, 6) is 0.212. The average Bonchev–Trinajstić information content (AvgIpc) is 3.37. The van der Waals surface area contributed by atoms with Crippen LogP contribution in [0.15, 0.2) is 84.9 Å². The molecule has 1 atom stereocenters. The zero-order valence-electron chi connectivity index (χ0n) is 21.4. The smallest absolute Gasteiger partial charge is 0.273 e. The van der Waals surface area contributed by atoms with Crippen LogP contribution < -0.4 is 10.1 Å². The molecule has 1 aliphatic rings. The Morgan fingerprint density at radius 3 is 2.50 bits per heavy atom. The molecule has 0 saturated carbocycles. The average molecular weight is 529 g/mol. The van der Waals surface area contributed by atoms with Gasteiger partial charge in [-0.15, -0.1) is 0 Å². The molecule has 0 aliphatic carbocycles. The van der Waals surface area contributed by atoms with Gasteiger partial charge in [0.15, 0.2) is 0 Å². The Morgan fingerprint density at radius 2 is 1.76 bits per heavy atom. The fourth-order valence-electron chi connectivity index (χ4n) is 4.85. The molecule has 5 rings (SSSR count). The van der Waals surface area contributed by atoms with Crippen LogP contribution in [0.25, 0.3) is 11.3 Å². The fraction of sp³-hybridized carbons (Fsp3) is 0.233. The minimum atomic E-state index is -1.15. The van der Waals surface area contributed by atoms with Crippen molar-refractivity contribution in [2.24, 2.45) is 0 Å². The van der Waals surface area contributed by atoms with Crippen molar-refractivity contribution in [1.29, 1.82) is 0 Å². The molecule has 0 unspecified atom stereocenters. The van der Waals surface area contributed by atoms with Crippen LogP contribution in [0.4, 0.5) is 0 Å². The van der Waals surface area contributed by atoms with E-state index in [1.165, 1.54) is 0 Å². The maximum atomic E-state index is 13.9. The lowest BCUT2D eigenvalue weighted by Gasteiger charge is -2.43. The zero-order chi connectivity index (χ0) is 26.7. The maximum absolute atomic E-state index is 13.9. The van der Waals surface area contributed by atoms with Gasteiger partial charge in [0, 0.05) is 29.2 Å². The van der Waals surface area contributed by atoms with E-state index in [0.29, 0.717) is 35.1 Å². The molecule has 0 radical (unpaired) electrons. The molecule has 4 aromatic rings. The minimum Gasteiger partial charge on any atom is -0.496 e. The summed E-state index contributed by atoms with van der Waals surface area (Å²) in [7, 11) is 1.60. The first-order chi connectivity index (χ1) is 18.4. The third kappa shape index (κ3) is 5.02. The van der Waals surface area contributed by atoms with Gasteiger partial charge in [-0.25, -0.2) is 0 Å². The van der Waals surface area contributed by atoms with Gasteiger partial charge in [-0.3, -0.25) is 14.3 Å². The van der Waals surface area contributed by atoms with Crippen LogP contribution in [-0.2, 0) is 24.3 Å². The van der Waals surface area contributed by atoms with Crippen molar-refractivity contribution < 1.29 is 14.3 Å². The van der Waals surface area contributed by atoms with Crippen molar-refractivity contribution in [2.45, 2.75) is 32.0 Å². The number of aromatic nitrogens is 2. The van der Waals surface area contributed by atoms with Crippen LogP contribution in [-0.4, -0.2) is 45.7 Å². The number of hydrogen-bond acceptors (Lipinski definition) is 4. The summed E-state index contributed by atoms with van der Waals surface area (Å²) >= 11 is 6.05. The van der Waals surface area contributed by atoms with Gasteiger partial charge in [-0.1, -0.05) is 72.3 Å². The van der Waals surface area contributed by atoms with E-state index < -0.39 is 5.54 Å². The van der Waals surface area contributed by atoms with Crippen molar-refractivity contribution in [3.63, 3.8) is 0 Å². The Balaban J connectivity index is 1.45. The summed E-state index contributed by atoms with van der Waals surface area (Å²) in [5, 5.41) is 8.40. The summed E-state index contributed by atoms with van der Waals surface area (Å²) in [5.41, 5.74) is 2.81. The molecule has 0 spiro atoms. The standard InChI is InChI=1S/C30H29ClN4O3/c1-30(29(37)32-19-23-10-6-7-11-27(23)38-2)20-35-26(18-25(33-35)22-8-4-3-5-9-22)28(36)34(30)17-16-21-12-14-24(31)15-13-21/h3-15,18H,16-17,19-20H2,1-2H3,(H,32,37)/t30-/m1/s1. The lowest BCUT2D eigenvalue weighted by Crippen LogP contribution is -2.64. The number of nitrogens with one attached hydrogen (secondary N) is 1. The van der Waals surface area contributed by atoms with Crippen LogP contribution in [0.5, 0.6) is 5.75 Å². The van der Waals surface area contributed by atoms with Crippen molar-refractivity contribution in [3.05, 3.63) is 107 Å². The Hall–Kier alpha value is -4.10. The van der Waals surface area contributed by atoms with Gasteiger partial charge in [0.1, 0.15) is 17.0 Å². The minimum absolute atomic E-state index is 0.227. The summed E-state index contributed by atoms with van der Waals surface area (Å²) < 4.78 is 7.09. The molecule has 1 aliphatic heterocycles. The molecular formula is C30H29ClN4O3. The molecule has 2 heterocycles. The van der Waals surface area contributed by atoms with E-state index in [1.54, 1.807) is 29.7 Å². The van der Waals surface area contributed by atoms with Crippen LogP contribution in [0, 0.1) is 0 Å². The molecular weight excluding hydrogens is 500 g/mol. The highest BCUT2D eigenvalue weighted by molar-refractivity contribution is 6.30. The topological polar surface area (TPSA) is 76.5 Å². The third-order valence-electron chi connectivity index (χ3n) is 7.03. The Kier molecular flexibility index (Phi) is 7.20. The quantitative estimate of drug-likeness (QED) is 0.350. The molecule has 38 heavy (non-hydrogen) atoms. The highest BCUT2D eigenvalue weighted by Crippen LogP contribution is 2.31. The van der Waals surface area contributed by atoms with E-state index in [-0.39, 0.29) is 24.9 Å². The van der Waals surface area contributed by atoms with Crippen LogP contribution >= 0.6 is 11.6 Å². The molecule has 1 aromatic heterocycles. The molecule has 2 amide bonds. The van der Waals surface area contributed by atoms with Gasteiger partial charge in [0.2, 0.25) is 5.91 Å². The predicted molar refractivity (Wildman–Crippen MR) is 147 cm³/mol. The fourth-order valence-corrected chi connectivity index (χ4v) is 4.97. The zero-order valence-corrected chi connectivity index (χ0v) is 22.1. The second kappa shape index (κ2) is 10.7. The highest BCUT2D eigenvalue weighted by Gasteiger charge is 2.47. The lowest BCUT2D eigenvalue weighted by atomic mass is 9.94. The monoisotopic (exact) mass is 528 g/mol. The summed E-state index contributed by atoms with van der Waals surface area (Å²) in [6, 6.07) is 26.6. The van der Waals surface area contributed by atoms with Gasteiger partial charge in [-0.2, -0.15) is 5.10 Å². The molecule has 0 saturated heterocycles. The number of benzene rings is 3. The molecule has 0 fully saturated rings. The first-order valence-corrected chi connectivity index (χ1v) is 12.9. The second-order valence-corrected chi connectivity index (χ2v) is 9.98. The number of para-hydroxylation sites is 1. The van der Waals surface area contributed by atoms with Gasteiger partial charge in [0.25, 0.3) is 5.91 Å². The molecule has 7 nitrogen and oxygen atoms in total. The van der Waals surface area contributed by atoms with Crippen LogP contribution in [0.1, 0.15) is 28.5 Å². The number of rotatable bonds is 8. The van der Waals surface area contributed by atoms with E-state index in [1.807, 2.05) is 78.9 Å². The van der Waals surface area contributed by atoms with E-state index in [9.17, 15) is 9.59 Å². The highest BCUT2D eigenvalue weighted by atomic mass is 35.5. The number of carbonyl (C=O) groups is 2. The summed E-state index contributed by atoms with van der Waals surface area (Å²) in [6.07, 6.45) is 0.581. The normalized spacial score (nSPS) is 16.7. The number of ether oxygens (including phenoxy) is 1.